The van der Waals surface area contributed by atoms with E-state index in [2.05, 4.69) is 18.3 Å². The lowest BCUT2D eigenvalue weighted by Gasteiger charge is -2.20. The van der Waals surface area contributed by atoms with Crippen LogP contribution in [-0.4, -0.2) is 24.2 Å². The van der Waals surface area contributed by atoms with E-state index < -0.39 is 5.97 Å². The zero-order valence-corrected chi connectivity index (χ0v) is 8.37. The van der Waals surface area contributed by atoms with Crippen LogP contribution in [0.2, 0.25) is 0 Å². The van der Waals surface area contributed by atoms with Crippen LogP contribution in [0.25, 0.3) is 0 Å². The van der Waals surface area contributed by atoms with Gasteiger partial charge in [-0.2, -0.15) is 0 Å². The molecule has 1 aliphatic carbocycles. The molecule has 74 valence electrons. The second-order valence-electron chi connectivity index (χ2n) is 3.79. The molecular formula is C10H17NO2. The average molecular weight is 183 g/mol. The highest BCUT2D eigenvalue weighted by Crippen LogP contribution is 2.33. The summed E-state index contributed by atoms with van der Waals surface area (Å²) in [5.74, 6) is -0.114. The third-order valence-corrected chi connectivity index (χ3v) is 2.96. The third-order valence-electron chi connectivity index (χ3n) is 2.96. The number of aliphatic carboxylic acids is 1. The first-order valence-electron chi connectivity index (χ1n) is 4.63. The van der Waals surface area contributed by atoms with E-state index in [0.29, 0.717) is 12.0 Å². The summed E-state index contributed by atoms with van der Waals surface area (Å²) < 4.78 is 0. The predicted octanol–water partition coefficient (Wildman–Crippen LogP) is 1.26. The van der Waals surface area contributed by atoms with Gasteiger partial charge in [0.15, 0.2) is 0 Å². The highest BCUT2D eigenvalue weighted by Gasteiger charge is 2.32. The van der Waals surface area contributed by atoms with Crippen LogP contribution in [0, 0.1) is 11.8 Å². The van der Waals surface area contributed by atoms with Crippen molar-refractivity contribution < 1.29 is 9.90 Å². The molecule has 3 atom stereocenters. The van der Waals surface area contributed by atoms with Crippen molar-refractivity contribution in [2.75, 3.05) is 7.05 Å². The van der Waals surface area contributed by atoms with Gasteiger partial charge in [-0.15, -0.1) is 0 Å². The van der Waals surface area contributed by atoms with Crippen LogP contribution >= 0.6 is 0 Å². The Morgan fingerprint density at radius 1 is 1.69 bits per heavy atom. The molecule has 1 rings (SSSR count). The maximum Gasteiger partial charge on any atom is 0.303 e. The fourth-order valence-electron chi connectivity index (χ4n) is 2.10. The van der Waals surface area contributed by atoms with Gasteiger partial charge in [0, 0.05) is 6.04 Å². The summed E-state index contributed by atoms with van der Waals surface area (Å²) in [5.41, 5.74) is 1.20. The largest absolute Gasteiger partial charge is 0.481 e. The number of carbonyl (C=O) groups is 1. The monoisotopic (exact) mass is 183 g/mol. The number of rotatable bonds is 3. The Labute approximate surface area is 78.8 Å². The summed E-state index contributed by atoms with van der Waals surface area (Å²) in [6.45, 7) is 4.11. The Balaban J connectivity index is 2.67. The Morgan fingerprint density at radius 2 is 2.31 bits per heavy atom. The van der Waals surface area contributed by atoms with Crippen LogP contribution in [-0.2, 0) is 4.79 Å². The Morgan fingerprint density at radius 3 is 2.69 bits per heavy atom. The number of allylic oxidation sites excluding steroid dienone is 1. The smallest absolute Gasteiger partial charge is 0.303 e. The molecule has 1 aliphatic rings. The molecule has 0 saturated heterocycles. The van der Waals surface area contributed by atoms with E-state index in [-0.39, 0.29) is 12.3 Å². The van der Waals surface area contributed by atoms with Crippen LogP contribution < -0.4 is 5.32 Å². The van der Waals surface area contributed by atoms with Crippen molar-refractivity contribution in [1.29, 1.82) is 0 Å². The normalized spacial score (nSPS) is 33.2. The summed E-state index contributed by atoms with van der Waals surface area (Å²) >= 11 is 0. The molecule has 0 aromatic rings. The number of hydrogen-bond acceptors (Lipinski definition) is 2. The Bertz CT molecular complexity index is 235. The molecule has 0 fully saturated rings. The average Bonchev–Trinajstić information content (AvgIpc) is 2.31. The molecule has 2 N–H and O–H groups in total. The molecular weight excluding hydrogens is 166 g/mol. The van der Waals surface area contributed by atoms with Crippen LogP contribution in [0.15, 0.2) is 11.6 Å². The van der Waals surface area contributed by atoms with E-state index >= 15 is 0 Å². The van der Waals surface area contributed by atoms with Crippen molar-refractivity contribution in [3.63, 3.8) is 0 Å². The lowest BCUT2D eigenvalue weighted by molar-refractivity contribution is -0.138. The van der Waals surface area contributed by atoms with Gasteiger partial charge in [0.1, 0.15) is 0 Å². The van der Waals surface area contributed by atoms with Crippen molar-refractivity contribution in [3.05, 3.63) is 11.6 Å². The quantitative estimate of drug-likeness (QED) is 0.648. The summed E-state index contributed by atoms with van der Waals surface area (Å²) in [7, 11) is 1.91. The SMILES string of the molecule is CNC1C=C(C)C(CC(=O)O)C1C. The molecule has 3 unspecified atom stereocenters. The van der Waals surface area contributed by atoms with Gasteiger partial charge in [0.2, 0.25) is 0 Å². The number of likely N-dealkylation sites (N-methyl/N-ethyl adjacent to an activating group) is 1. The molecule has 0 saturated carbocycles. The minimum absolute atomic E-state index is 0.204. The zero-order valence-electron chi connectivity index (χ0n) is 8.37. The number of carboxylic acids is 1. The fourth-order valence-corrected chi connectivity index (χ4v) is 2.10. The van der Waals surface area contributed by atoms with Crippen molar-refractivity contribution in [2.45, 2.75) is 26.3 Å². The van der Waals surface area contributed by atoms with Gasteiger partial charge >= 0.3 is 5.97 Å². The molecule has 0 aromatic carbocycles. The molecule has 0 aliphatic heterocycles. The first-order chi connectivity index (χ1) is 6.06. The predicted molar refractivity (Wildman–Crippen MR) is 51.5 cm³/mol. The van der Waals surface area contributed by atoms with Crippen LogP contribution in [0.3, 0.4) is 0 Å². The molecule has 3 heteroatoms. The Kier molecular flexibility index (Phi) is 3.09. The van der Waals surface area contributed by atoms with Crippen molar-refractivity contribution in [2.24, 2.45) is 11.8 Å². The highest BCUT2D eigenvalue weighted by atomic mass is 16.4. The fraction of sp³-hybridized carbons (Fsp3) is 0.700. The highest BCUT2D eigenvalue weighted by molar-refractivity contribution is 5.67. The van der Waals surface area contributed by atoms with Gasteiger partial charge in [0.05, 0.1) is 6.42 Å². The van der Waals surface area contributed by atoms with Crippen LogP contribution in [0.5, 0.6) is 0 Å². The number of nitrogens with one attached hydrogen (secondary N) is 1. The number of carboxylic acid groups (broad SMARTS) is 1. The maximum absolute atomic E-state index is 10.6. The molecule has 3 nitrogen and oxygen atoms in total. The molecule has 13 heavy (non-hydrogen) atoms. The lowest BCUT2D eigenvalue weighted by atomic mass is 9.88. The second-order valence-corrected chi connectivity index (χ2v) is 3.79. The minimum atomic E-state index is -0.707. The molecule has 0 radical (unpaired) electrons. The van der Waals surface area contributed by atoms with Gasteiger partial charge < -0.3 is 10.4 Å². The minimum Gasteiger partial charge on any atom is -0.481 e. The third kappa shape index (κ3) is 2.10. The maximum atomic E-state index is 10.6. The molecule has 0 heterocycles. The van der Waals surface area contributed by atoms with E-state index in [1.54, 1.807) is 0 Å². The lowest BCUT2D eigenvalue weighted by Crippen LogP contribution is -2.30. The van der Waals surface area contributed by atoms with E-state index in [1.165, 1.54) is 5.57 Å². The van der Waals surface area contributed by atoms with Gasteiger partial charge in [0.25, 0.3) is 0 Å². The van der Waals surface area contributed by atoms with E-state index in [0.717, 1.165) is 0 Å². The van der Waals surface area contributed by atoms with Crippen LogP contribution in [0.4, 0.5) is 0 Å². The van der Waals surface area contributed by atoms with Crippen molar-refractivity contribution in [3.8, 4) is 0 Å². The first-order valence-corrected chi connectivity index (χ1v) is 4.63. The standard InChI is InChI=1S/C10H17NO2/c1-6-4-9(11-3)7(2)8(6)5-10(12)13/h4,7-9,11H,5H2,1-3H3,(H,12,13). The topological polar surface area (TPSA) is 49.3 Å². The van der Waals surface area contributed by atoms with E-state index in [4.69, 9.17) is 5.11 Å². The van der Waals surface area contributed by atoms with E-state index in [1.807, 2.05) is 14.0 Å². The molecule has 0 amide bonds. The van der Waals surface area contributed by atoms with Gasteiger partial charge in [-0.05, 0) is 25.8 Å². The van der Waals surface area contributed by atoms with Gasteiger partial charge in [-0.3, -0.25) is 4.79 Å². The molecule has 0 spiro atoms. The summed E-state index contributed by atoms with van der Waals surface area (Å²) in [4.78, 5) is 10.6. The Hall–Kier alpha value is -0.830. The molecule has 0 aromatic heterocycles. The van der Waals surface area contributed by atoms with Gasteiger partial charge in [-0.1, -0.05) is 18.6 Å². The first kappa shape index (κ1) is 10.3. The van der Waals surface area contributed by atoms with Crippen molar-refractivity contribution in [1.82, 2.24) is 5.32 Å². The summed E-state index contributed by atoms with van der Waals surface area (Å²) in [6, 6.07) is 0.337. The summed E-state index contributed by atoms with van der Waals surface area (Å²) in [6.07, 6.45) is 2.39. The molecule has 0 bridgehead atoms. The number of hydrogen-bond donors (Lipinski definition) is 2. The zero-order chi connectivity index (χ0) is 10.0. The van der Waals surface area contributed by atoms with Gasteiger partial charge in [-0.25, -0.2) is 0 Å². The van der Waals surface area contributed by atoms with Crippen LogP contribution in [0.1, 0.15) is 20.3 Å². The summed E-state index contributed by atoms with van der Waals surface area (Å²) in [5, 5.41) is 11.9. The second kappa shape index (κ2) is 3.92. The van der Waals surface area contributed by atoms with Crippen molar-refractivity contribution >= 4 is 5.97 Å². The van der Waals surface area contributed by atoms with E-state index in [9.17, 15) is 4.79 Å².